The lowest BCUT2D eigenvalue weighted by Crippen LogP contribution is -2.25. The van der Waals surface area contributed by atoms with E-state index in [1.165, 1.54) is 5.56 Å². The Kier molecular flexibility index (Phi) is 3.90. The van der Waals surface area contributed by atoms with Crippen LogP contribution in [0.15, 0.2) is 30.5 Å². The van der Waals surface area contributed by atoms with Gasteiger partial charge in [0.05, 0.1) is 0 Å². The number of hydrogen-bond donors (Lipinski definition) is 2. The Morgan fingerprint density at radius 2 is 2.29 bits per heavy atom. The largest absolute Gasteiger partial charge is 0.366 e. The van der Waals surface area contributed by atoms with Gasteiger partial charge in [0.1, 0.15) is 5.82 Å². The van der Waals surface area contributed by atoms with Gasteiger partial charge < -0.3 is 15.5 Å². The number of nitrogens with zero attached hydrogens (tertiary/aromatic N) is 3. The Labute approximate surface area is 141 Å². The quantitative estimate of drug-likeness (QED) is 0.902. The van der Waals surface area contributed by atoms with Crippen LogP contribution in [0.4, 0.5) is 11.5 Å². The molecule has 24 heavy (non-hydrogen) atoms. The zero-order chi connectivity index (χ0) is 16.5. The third-order valence-electron chi connectivity index (χ3n) is 4.68. The maximum Gasteiger partial charge on any atom is 0.223 e. The van der Waals surface area contributed by atoms with Gasteiger partial charge in [-0.05, 0) is 49.2 Å². The van der Waals surface area contributed by atoms with Gasteiger partial charge in [0, 0.05) is 43.5 Å². The van der Waals surface area contributed by atoms with Crippen LogP contribution in [0.1, 0.15) is 18.9 Å². The van der Waals surface area contributed by atoms with Crippen molar-refractivity contribution in [1.82, 2.24) is 15.3 Å². The SMILES string of the molecule is CC(=O)N1CCc2cc(-c3nccc(NC4CCNC4)n3)ccc21. The maximum absolute atomic E-state index is 11.7. The Morgan fingerprint density at radius 1 is 1.38 bits per heavy atom. The predicted molar refractivity (Wildman–Crippen MR) is 94.1 cm³/mol. The molecule has 124 valence electrons. The van der Waals surface area contributed by atoms with Gasteiger partial charge in [0.25, 0.3) is 0 Å². The number of nitrogens with one attached hydrogen (secondary N) is 2. The van der Waals surface area contributed by atoms with E-state index >= 15 is 0 Å². The summed E-state index contributed by atoms with van der Waals surface area (Å²) in [5, 5.41) is 6.80. The molecular formula is C18H21N5O. The number of amides is 1. The van der Waals surface area contributed by atoms with Crippen LogP contribution in [0.3, 0.4) is 0 Å². The summed E-state index contributed by atoms with van der Waals surface area (Å²) in [4.78, 5) is 22.6. The van der Waals surface area contributed by atoms with Crippen molar-refractivity contribution in [3.63, 3.8) is 0 Å². The van der Waals surface area contributed by atoms with E-state index in [2.05, 4.69) is 26.7 Å². The van der Waals surface area contributed by atoms with E-state index in [1.807, 2.05) is 23.1 Å². The lowest BCUT2D eigenvalue weighted by molar-refractivity contribution is -0.116. The molecule has 1 unspecified atom stereocenters. The smallest absolute Gasteiger partial charge is 0.223 e. The second-order valence-electron chi connectivity index (χ2n) is 6.36. The van der Waals surface area contributed by atoms with Crippen molar-refractivity contribution in [3.05, 3.63) is 36.0 Å². The van der Waals surface area contributed by atoms with Crippen LogP contribution in [-0.4, -0.2) is 41.6 Å². The summed E-state index contributed by atoms with van der Waals surface area (Å²) in [6, 6.07) is 8.44. The molecule has 0 aliphatic carbocycles. The van der Waals surface area contributed by atoms with Crippen molar-refractivity contribution in [1.29, 1.82) is 0 Å². The van der Waals surface area contributed by atoms with E-state index in [1.54, 1.807) is 13.1 Å². The highest BCUT2D eigenvalue weighted by molar-refractivity contribution is 5.94. The molecule has 4 rings (SSSR count). The number of rotatable bonds is 3. The van der Waals surface area contributed by atoms with E-state index in [0.717, 1.165) is 55.4 Å². The van der Waals surface area contributed by atoms with Gasteiger partial charge in [0.2, 0.25) is 5.91 Å². The molecule has 1 aromatic carbocycles. The molecule has 0 bridgehead atoms. The van der Waals surface area contributed by atoms with Crippen LogP contribution < -0.4 is 15.5 Å². The lowest BCUT2D eigenvalue weighted by atomic mass is 10.1. The van der Waals surface area contributed by atoms with Crippen LogP contribution in [0, 0.1) is 0 Å². The van der Waals surface area contributed by atoms with Gasteiger partial charge >= 0.3 is 0 Å². The first kappa shape index (κ1) is 15.1. The van der Waals surface area contributed by atoms with Crippen molar-refractivity contribution in [2.75, 3.05) is 29.9 Å². The van der Waals surface area contributed by atoms with Gasteiger partial charge in [-0.25, -0.2) is 9.97 Å². The van der Waals surface area contributed by atoms with Gasteiger partial charge in [0.15, 0.2) is 5.82 Å². The van der Waals surface area contributed by atoms with Crippen molar-refractivity contribution in [2.24, 2.45) is 0 Å². The summed E-state index contributed by atoms with van der Waals surface area (Å²) in [7, 11) is 0. The van der Waals surface area contributed by atoms with E-state index in [4.69, 9.17) is 0 Å². The molecule has 6 heteroatoms. The standard InChI is InChI=1S/C18H21N5O/c1-12(24)23-9-6-13-10-14(2-3-16(13)23)18-20-8-5-17(22-18)21-15-4-7-19-11-15/h2-3,5,8,10,15,19H,4,6-7,9,11H2,1H3,(H,20,21,22). The van der Waals surface area contributed by atoms with E-state index in [0.29, 0.717) is 6.04 Å². The molecule has 2 N–H and O–H groups in total. The Balaban J connectivity index is 1.59. The van der Waals surface area contributed by atoms with Crippen LogP contribution in [0.2, 0.25) is 0 Å². The summed E-state index contributed by atoms with van der Waals surface area (Å²) in [5.74, 6) is 1.67. The average Bonchev–Trinajstić information content (AvgIpc) is 3.23. The third-order valence-corrected chi connectivity index (χ3v) is 4.68. The van der Waals surface area contributed by atoms with Crippen molar-refractivity contribution in [3.8, 4) is 11.4 Å². The fraction of sp³-hybridized carbons (Fsp3) is 0.389. The number of fused-ring (bicyclic) bond motifs is 1. The van der Waals surface area contributed by atoms with E-state index in [-0.39, 0.29) is 5.91 Å². The highest BCUT2D eigenvalue weighted by Gasteiger charge is 2.22. The van der Waals surface area contributed by atoms with Gasteiger partial charge in [-0.3, -0.25) is 4.79 Å². The minimum Gasteiger partial charge on any atom is -0.366 e. The lowest BCUT2D eigenvalue weighted by Gasteiger charge is -2.15. The normalized spacial score (nSPS) is 19.4. The molecule has 3 heterocycles. The molecule has 1 saturated heterocycles. The first-order chi connectivity index (χ1) is 11.7. The van der Waals surface area contributed by atoms with E-state index < -0.39 is 0 Å². The second kappa shape index (κ2) is 6.20. The molecule has 0 radical (unpaired) electrons. The predicted octanol–water partition coefficient (Wildman–Crippen LogP) is 1.83. The van der Waals surface area contributed by atoms with Gasteiger partial charge in [-0.1, -0.05) is 0 Å². The Bertz CT molecular complexity index is 770. The number of carbonyl (C=O) groups excluding carboxylic acids is 1. The van der Waals surface area contributed by atoms with Crippen LogP contribution in [0.25, 0.3) is 11.4 Å². The Morgan fingerprint density at radius 3 is 3.08 bits per heavy atom. The summed E-state index contributed by atoms with van der Waals surface area (Å²) in [5.41, 5.74) is 3.19. The zero-order valence-corrected chi connectivity index (χ0v) is 13.7. The Hall–Kier alpha value is -2.47. The molecule has 1 atom stereocenters. The monoisotopic (exact) mass is 323 g/mol. The van der Waals surface area contributed by atoms with Crippen molar-refractivity contribution < 1.29 is 4.79 Å². The summed E-state index contributed by atoms with van der Waals surface area (Å²) in [6.45, 7) is 4.39. The first-order valence-electron chi connectivity index (χ1n) is 8.42. The highest BCUT2D eigenvalue weighted by atomic mass is 16.2. The molecule has 0 spiro atoms. The number of aromatic nitrogens is 2. The molecule has 2 aliphatic heterocycles. The average molecular weight is 323 g/mol. The fourth-order valence-electron chi connectivity index (χ4n) is 3.43. The second-order valence-corrected chi connectivity index (χ2v) is 6.36. The molecule has 1 aromatic heterocycles. The molecule has 2 aliphatic rings. The van der Waals surface area contributed by atoms with Crippen LogP contribution in [-0.2, 0) is 11.2 Å². The maximum atomic E-state index is 11.7. The minimum atomic E-state index is 0.0918. The summed E-state index contributed by atoms with van der Waals surface area (Å²) < 4.78 is 0. The molecular weight excluding hydrogens is 302 g/mol. The van der Waals surface area contributed by atoms with Crippen LogP contribution in [0.5, 0.6) is 0 Å². The number of benzene rings is 1. The zero-order valence-electron chi connectivity index (χ0n) is 13.7. The number of hydrogen-bond acceptors (Lipinski definition) is 5. The highest BCUT2D eigenvalue weighted by Crippen LogP contribution is 2.31. The molecule has 1 fully saturated rings. The molecule has 6 nitrogen and oxygen atoms in total. The van der Waals surface area contributed by atoms with Gasteiger partial charge in [-0.2, -0.15) is 0 Å². The number of anilines is 2. The summed E-state index contributed by atoms with van der Waals surface area (Å²) in [6.07, 6.45) is 3.79. The first-order valence-corrected chi connectivity index (χ1v) is 8.42. The fourth-order valence-corrected chi connectivity index (χ4v) is 3.43. The number of carbonyl (C=O) groups is 1. The van der Waals surface area contributed by atoms with Crippen molar-refractivity contribution >= 4 is 17.4 Å². The molecule has 0 saturated carbocycles. The molecule has 1 amide bonds. The van der Waals surface area contributed by atoms with Crippen molar-refractivity contribution in [2.45, 2.75) is 25.8 Å². The minimum absolute atomic E-state index is 0.0918. The molecule has 2 aromatic rings. The van der Waals surface area contributed by atoms with E-state index in [9.17, 15) is 4.79 Å². The third kappa shape index (κ3) is 2.85. The summed E-state index contributed by atoms with van der Waals surface area (Å²) >= 11 is 0. The van der Waals surface area contributed by atoms with Gasteiger partial charge in [-0.15, -0.1) is 0 Å². The topological polar surface area (TPSA) is 70.2 Å². The van der Waals surface area contributed by atoms with Crippen LogP contribution >= 0.6 is 0 Å².